The van der Waals surface area contributed by atoms with Crippen LogP contribution in [-0.2, 0) is 11.4 Å². The van der Waals surface area contributed by atoms with Gasteiger partial charge in [-0.25, -0.2) is 4.98 Å². The van der Waals surface area contributed by atoms with E-state index in [1.54, 1.807) is 10.6 Å². The van der Waals surface area contributed by atoms with E-state index in [0.29, 0.717) is 22.1 Å². The summed E-state index contributed by atoms with van der Waals surface area (Å²) in [5.74, 6) is 0.730. The Kier molecular flexibility index (Phi) is 5.67. The van der Waals surface area contributed by atoms with Gasteiger partial charge in [0.15, 0.2) is 4.96 Å². The minimum atomic E-state index is -0.118. The summed E-state index contributed by atoms with van der Waals surface area (Å²) in [5, 5.41) is 3.04. The first-order chi connectivity index (χ1) is 14.0. The molecular weight excluding hydrogens is 386 g/mol. The molecule has 1 amide bonds. The molecular formula is C22H25N3O3S. The Labute approximate surface area is 173 Å². The maximum Gasteiger partial charge on any atom is 0.258 e. The fourth-order valence-electron chi connectivity index (χ4n) is 3.74. The fourth-order valence-corrected chi connectivity index (χ4v) is 4.59. The molecule has 1 N–H and O–H groups in total. The third-order valence-electron chi connectivity index (χ3n) is 5.28. The van der Waals surface area contributed by atoms with E-state index in [2.05, 4.69) is 10.3 Å². The van der Waals surface area contributed by atoms with Crippen molar-refractivity contribution in [1.82, 2.24) is 9.38 Å². The van der Waals surface area contributed by atoms with E-state index >= 15 is 0 Å². The second kappa shape index (κ2) is 8.37. The lowest BCUT2D eigenvalue weighted by Gasteiger charge is -2.21. The number of hydrogen-bond donors (Lipinski definition) is 1. The first-order valence-electron chi connectivity index (χ1n) is 10.0. The molecule has 152 valence electrons. The van der Waals surface area contributed by atoms with E-state index in [0.717, 1.165) is 36.1 Å². The Morgan fingerprint density at radius 1 is 1.24 bits per heavy atom. The van der Waals surface area contributed by atoms with Gasteiger partial charge in [-0.15, -0.1) is 11.3 Å². The number of nitrogens with one attached hydrogen (secondary N) is 1. The average Bonchev–Trinajstić information content (AvgIpc) is 3.09. The summed E-state index contributed by atoms with van der Waals surface area (Å²) in [6.45, 7) is 4.09. The summed E-state index contributed by atoms with van der Waals surface area (Å²) in [4.78, 5) is 31.1. The standard InChI is InChI=1S/C22H25N3O3S/c1-14-8-9-18(24-21(27)16-6-4-3-5-7-16)19(10-14)28-13-17-11-20(26)25-12-15(2)29-22(25)23-17/h8-12,16H,3-7,13H2,1-2H3,(H,24,27). The second-order valence-corrected chi connectivity index (χ2v) is 8.91. The number of thiazole rings is 1. The molecule has 4 rings (SSSR count). The monoisotopic (exact) mass is 411 g/mol. The summed E-state index contributed by atoms with van der Waals surface area (Å²) >= 11 is 1.47. The lowest BCUT2D eigenvalue weighted by Crippen LogP contribution is -2.25. The molecule has 6 nitrogen and oxygen atoms in total. The number of carbonyl (C=O) groups is 1. The number of hydrogen-bond acceptors (Lipinski definition) is 5. The first-order valence-corrected chi connectivity index (χ1v) is 10.8. The molecule has 0 radical (unpaired) electrons. The van der Waals surface area contributed by atoms with Crippen molar-refractivity contribution in [2.75, 3.05) is 5.32 Å². The van der Waals surface area contributed by atoms with Crippen LogP contribution >= 0.6 is 11.3 Å². The number of nitrogens with zero attached hydrogens (tertiary/aromatic N) is 2. The second-order valence-electron chi connectivity index (χ2n) is 7.69. The molecule has 0 spiro atoms. The first kappa shape index (κ1) is 19.6. The van der Waals surface area contributed by atoms with Crippen molar-refractivity contribution in [3.63, 3.8) is 0 Å². The Balaban J connectivity index is 1.51. The third kappa shape index (κ3) is 4.50. The van der Waals surface area contributed by atoms with Crippen molar-refractivity contribution in [3.8, 4) is 5.75 Å². The van der Waals surface area contributed by atoms with Crippen LogP contribution in [0.3, 0.4) is 0 Å². The largest absolute Gasteiger partial charge is 0.485 e. The number of rotatable bonds is 5. The van der Waals surface area contributed by atoms with Gasteiger partial charge >= 0.3 is 0 Å². The number of amides is 1. The summed E-state index contributed by atoms with van der Waals surface area (Å²) in [6.07, 6.45) is 7.12. The highest BCUT2D eigenvalue weighted by atomic mass is 32.1. The molecule has 0 bridgehead atoms. The van der Waals surface area contributed by atoms with Gasteiger partial charge in [-0.05, 0) is 44.4 Å². The predicted molar refractivity (Wildman–Crippen MR) is 115 cm³/mol. The minimum absolute atomic E-state index is 0.0604. The molecule has 1 aliphatic rings. The SMILES string of the molecule is Cc1ccc(NC(=O)C2CCCCC2)c(OCc2cc(=O)n3cc(C)sc3n2)c1. The number of aryl methyl sites for hydroxylation is 2. The van der Waals surface area contributed by atoms with Crippen molar-refractivity contribution in [2.45, 2.75) is 52.6 Å². The van der Waals surface area contributed by atoms with E-state index < -0.39 is 0 Å². The average molecular weight is 412 g/mol. The van der Waals surface area contributed by atoms with Gasteiger partial charge in [0.1, 0.15) is 12.4 Å². The number of aromatic nitrogens is 2. The van der Waals surface area contributed by atoms with E-state index in [1.807, 2.05) is 32.0 Å². The molecule has 2 heterocycles. The molecule has 0 saturated heterocycles. The zero-order valence-corrected chi connectivity index (χ0v) is 17.6. The third-order valence-corrected chi connectivity index (χ3v) is 6.18. The summed E-state index contributed by atoms with van der Waals surface area (Å²) in [6, 6.07) is 7.22. The van der Waals surface area contributed by atoms with Crippen LogP contribution < -0.4 is 15.6 Å². The fraction of sp³-hybridized carbons (Fsp3) is 0.409. The smallest absolute Gasteiger partial charge is 0.258 e. The van der Waals surface area contributed by atoms with Gasteiger partial charge in [0.05, 0.1) is 11.4 Å². The van der Waals surface area contributed by atoms with Crippen molar-refractivity contribution >= 4 is 27.9 Å². The van der Waals surface area contributed by atoms with Gasteiger partial charge in [-0.1, -0.05) is 25.3 Å². The van der Waals surface area contributed by atoms with Crippen LogP contribution in [0.25, 0.3) is 4.96 Å². The molecule has 3 aromatic rings. The maximum absolute atomic E-state index is 12.7. The Morgan fingerprint density at radius 2 is 2.03 bits per heavy atom. The van der Waals surface area contributed by atoms with Crippen molar-refractivity contribution in [3.05, 3.63) is 57.0 Å². The highest BCUT2D eigenvalue weighted by Gasteiger charge is 2.22. The highest BCUT2D eigenvalue weighted by Crippen LogP contribution is 2.30. The lowest BCUT2D eigenvalue weighted by atomic mass is 9.88. The van der Waals surface area contributed by atoms with Gasteiger partial charge < -0.3 is 10.1 Å². The normalized spacial score (nSPS) is 14.8. The van der Waals surface area contributed by atoms with E-state index in [4.69, 9.17) is 4.74 Å². The molecule has 1 saturated carbocycles. The minimum Gasteiger partial charge on any atom is -0.485 e. The van der Waals surface area contributed by atoms with Crippen LogP contribution in [0.5, 0.6) is 5.75 Å². The highest BCUT2D eigenvalue weighted by molar-refractivity contribution is 7.16. The predicted octanol–water partition coefficient (Wildman–Crippen LogP) is 4.47. The number of carbonyl (C=O) groups excluding carboxylic acids is 1. The van der Waals surface area contributed by atoms with Gasteiger partial charge in [0.2, 0.25) is 5.91 Å². The van der Waals surface area contributed by atoms with Gasteiger partial charge in [-0.2, -0.15) is 0 Å². The maximum atomic E-state index is 12.7. The van der Waals surface area contributed by atoms with Crippen molar-refractivity contribution in [2.24, 2.45) is 5.92 Å². The molecule has 29 heavy (non-hydrogen) atoms. The Bertz CT molecular complexity index is 1100. The molecule has 2 aromatic heterocycles. The molecule has 0 unspecified atom stereocenters. The zero-order chi connectivity index (χ0) is 20.4. The number of anilines is 1. The van der Waals surface area contributed by atoms with Crippen LogP contribution in [0.2, 0.25) is 0 Å². The van der Waals surface area contributed by atoms with Crippen molar-refractivity contribution in [1.29, 1.82) is 0 Å². The van der Waals surface area contributed by atoms with E-state index in [-0.39, 0.29) is 24.0 Å². The lowest BCUT2D eigenvalue weighted by molar-refractivity contribution is -0.120. The summed E-state index contributed by atoms with van der Waals surface area (Å²) in [5.41, 5.74) is 2.15. The molecule has 7 heteroatoms. The number of fused-ring (bicyclic) bond motifs is 1. The molecule has 1 aliphatic carbocycles. The Morgan fingerprint density at radius 3 is 2.83 bits per heavy atom. The van der Waals surface area contributed by atoms with Gasteiger partial charge in [0, 0.05) is 23.1 Å². The zero-order valence-electron chi connectivity index (χ0n) is 16.7. The van der Waals surface area contributed by atoms with Crippen LogP contribution in [0, 0.1) is 19.8 Å². The van der Waals surface area contributed by atoms with Crippen LogP contribution in [0.15, 0.2) is 35.3 Å². The summed E-state index contributed by atoms with van der Waals surface area (Å²) in [7, 11) is 0. The topological polar surface area (TPSA) is 72.7 Å². The number of benzene rings is 1. The molecule has 0 aliphatic heterocycles. The molecule has 0 atom stereocenters. The van der Waals surface area contributed by atoms with Crippen molar-refractivity contribution < 1.29 is 9.53 Å². The van der Waals surface area contributed by atoms with E-state index in [9.17, 15) is 9.59 Å². The Hall–Kier alpha value is -2.67. The van der Waals surface area contributed by atoms with Crippen LogP contribution in [0.1, 0.15) is 48.2 Å². The van der Waals surface area contributed by atoms with Crippen LogP contribution in [0.4, 0.5) is 5.69 Å². The quantitative estimate of drug-likeness (QED) is 0.672. The summed E-state index contributed by atoms with van der Waals surface area (Å²) < 4.78 is 7.53. The van der Waals surface area contributed by atoms with Gasteiger partial charge in [-0.3, -0.25) is 14.0 Å². The van der Waals surface area contributed by atoms with E-state index in [1.165, 1.54) is 23.8 Å². The van der Waals surface area contributed by atoms with Crippen LogP contribution in [-0.4, -0.2) is 15.3 Å². The van der Waals surface area contributed by atoms with Gasteiger partial charge in [0.25, 0.3) is 5.56 Å². The molecule has 1 fully saturated rings. The molecule has 1 aromatic carbocycles. The number of ether oxygens (including phenoxy) is 1.